The molecule has 104 valence electrons. The van der Waals surface area contributed by atoms with Gasteiger partial charge in [-0.2, -0.15) is 5.26 Å². The average molecular weight is 297 g/mol. The van der Waals surface area contributed by atoms with Crippen molar-refractivity contribution in [3.8, 4) is 6.07 Å². The Balaban J connectivity index is 1.93. The van der Waals surface area contributed by atoms with Crippen LogP contribution in [0, 0.1) is 11.3 Å². The van der Waals surface area contributed by atoms with Gasteiger partial charge in [-0.05, 0) is 29.8 Å². The van der Waals surface area contributed by atoms with Crippen molar-refractivity contribution in [3.05, 3.63) is 59.7 Å². The van der Waals surface area contributed by atoms with Gasteiger partial charge in [-0.3, -0.25) is 4.31 Å². The van der Waals surface area contributed by atoms with Crippen LogP contribution < -0.4 is 0 Å². The minimum Gasteiger partial charge on any atom is -0.252 e. The molecule has 2 aromatic rings. The van der Waals surface area contributed by atoms with Gasteiger partial charge in [0, 0.05) is 0 Å². The maximum atomic E-state index is 12.5. The highest BCUT2D eigenvalue weighted by Crippen LogP contribution is 2.30. The number of hydrogen-bond donors (Lipinski definition) is 0. The largest absolute Gasteiger partial charge is 0.267 e. The summed E-state index contributed by atoms with van der Waals surface area (Å²) in [5.74, 6) is 0. The summed E-state index contributed by atoms with van der Waals surface area (Å²) in [6, 6.07) is 15.5. The number of aliphatic imine (C=N–C) groups is 1. The number of rotatable bonds is 2. The molecule has 5 nitrogen and oxygen atoms in total. The van der Waals surface area contributed by atoms with Crippen molar-refractivity contribution in [2.45, 2.75) is 11.4 Å². The zero-order valence-corrected chi connectivity index (χ0v) is 11.8. The van der Waals surface area contributed by atoms with Crippen molar-refractivity contribution in [2.75, 3.05) is 0 Å². The summed E-state index contributed by atoms with van der Waals surface area (Å²) < 4.78 is 26.2. The van der Waals surface area contributed by atoms with Crippen LogP contribution in [0.5, 0.6) is 0 Å². The van der Waals surface area contributed by atoms with Crippen molar-refractivity contribution < 1.29 is 8.42 Å². The highest BCUT2D eigenvalue weighted by Gasteiger charge is 2.28. The van der Waals surface area contributed by atoms with E-state index in [2.05, 4.69) is 4.99 Å². The van der Waals surface area contributed by atoms with E-state index in [1.165, 1.54) is 10.6 Å². The lowest BCUT2D eigenvalue weighted by Gasteiger charge is -2.24. The first-order chi connectivity index (χ1) is 10.1. The molecule has 0 aromatic heterocycles. The molecule has 0 unspecified atom stereocenters. The van der Waals surface area contributed by atoms with Crippen molar-refractivity contribution in [3.63, 3.8) is 0 Å². The Kier molecular flexibility index (Phi) is 3.20. The second kappa shape index (κ2) is 5.04. The van der Waals surface area contributed by atoms with Gasteiger partial charge in [0.05, 0.1) is 23.9 Å². The van der Waals surface area contributed by atoms with Gasteiger partial charge < -0.3 is 0 Å². The molecule has 0 radical (unpaired) electrons. The number of hydrogen-bond acceptors (Lipinski definition) is 4. The first-order valence-corrected chi connectivity index (χ1v) is 7.69. The number of fused-ring (bicyclic) bond motifs is 1. The summed E-state index contributed by atoms with van der Waals surface area (Å²) in [4.78, 5) is 4.38. The van der Waals surface area contributed by atoms with Gasteiger partial charge in [0.15, 0.2) is 0 Å². The summed E-state index contributed by atoms with van der Waals surface area (Å²) in [6.45, 7) is 0.186. The van der Waals surface area contributed by atoms with E-state index in [1.807, 2.05) is 6.07 Å². The highest BCUT2D eigenvalue weighted by atomic mass is 32.2. The minimum absolute atomic E-state index is 0.186. The fourth-order valence-corrected chi connectivity index (χ4v) is 3.47. The Bertz CT molecular complexity index is 849. The summed E-state index contributed by atoms with van der Waals surface area (Å²) in [7, 11) is -3.58. The van der Waals surface area contributed by atoms with Gasteiger partial charge in [-0.25, -0.2) is 13.4 Å². The summed E-state index contributed by atoms with van der Waals surface area (Å²) in [5.41, 5.74) is 1.79. The Hall–Kier alpha value is -2.65. The molecule has 0 N–H and O–H groups in total. The Morgan fingerprint density at radius 3 is 2.52 bits per heavy atom. The molecule has 0 bridgehead atoms. The van der Waals surface area contributed by atoms with Crippen LogP contribution in [0.25, 0.3) is 0 Å². The van der Waals surface area contributed by atoms with Crippen LogP contribution in [-0.4, -0.2) is 19.1 Å². The van der Waals surface area contributed by atoms with Crippen molar-refractivity contribution in [1.82, 2.24) is 4.31 Å². The molecule has 0 aliphatic carbocycles. The molecule has 3 rings (SSSR count). The monoisotopic (exact) mass is 297 g/mol. The number of sulfonamides is 1. The molecule has 1 aliphatic rings. The van der Waals surface area contributed by atoms with E-state index < -0.39 is 10.0 Å². The fourth-order valence-electron chi connectivity index (χ4n) is 2.09. The lowest BCUT2D eigenvalue weighted by Crippen LogP contribution is -2.31. The van der Waals surface area contributed by atoms with Crippen LogP contribution in [0.3, 0.4) is 0 Å². The van der Waals surface area contributed by atoms with Crippen LogP contribution in [-0.2, 0) is 16.6 Å². The van der Waals surface area contributed by atoms with Crippen LogP contribution in [0.2, 0.25) is 0 Å². The zero-order valence-electron chi connectivity index (χ0n) is 11.0. The third-order valence-corrected chi connectivity index (χ3v) is 4.94. The highest BCUT2D eigenvalue weighted by molar-refractivity contribution is 7.89. The molecule has 0 atom stereocenters. The molecule has 0 fully saturated rings. The second-order valence-corrected chi connectivity index (χ2v) is 6.43. The molecule has 21 heavy (non-hydrogen) atoms. The molecular weight excluding hydrogens is 286 g/mol. The number of nitrogens with zero attached hydrogens (tertiary/aromatic N) is 3. The molecule has 1 aliphatic heterocycles. The van der Waals surface area contributed by atoms with Crippen LogP contribution >= 0.6 is 0 Å². The lowest BCUT2D eigenvalue weighted by molar-refractivity contribution is 0.522. The Labute approximate surface area is 122 Å². The van der Waals surface area contributed by atoms with Crippen molar-refractivity contribution >= 4 is 22.0 Å². The van der Waals surface area contributed by atoms with E-state index in [1.54, 1.807) is 48.5 Å². The van der Waals surface area contributed by atoms with E-state index in [-0.39, 0.29) is 11.4 Å². The zero-order chi connectivity index (χ0) is 14.9. The Morgan fingerprint density at radius 1 is 1.10 bits per heavy atom. The molecule has 6 heteroatoms. The van der Waals surface area contributed by atoms with E-state index in [0.717, 1.165) is 5.56 Å². The van der Waals surface area contributed by atoms with E-state index in [4.69, 9.17) is 5.26 Å². The predicted molar refractivity (Wildman–Crippen MR) is 78.5 cm³/mol. The predicted octanol–water partition coefficient (Wildman–Crippen LogP) is 2.42. The van der Waals surface area contributed by atoms with Gasteiger partial charge >= 0.3 is 0 Å². The van der Waals surface area contributed by atoms with Gasteiger partial charge in [-0.15, -0.1) is 0 Å². The first-order valence-electron chi connectivity index (χ1n) is 6.25. The van der Waals surface area contributed by atoms with Crippen LogP contribution in [0.1, 0.15) is 11.1 Å². The Morgan fingerprint density at radius 2 is 1.81 bits per heavy atom. The van der Waals surface area contributed by atoms with Crippen molar-refractivity contribution in [2.24, 2.45) is 4.99 Å². The maximum absolute atomic E-state index is 12.5. The van der Waals surface area contributed by atoms with Gasteiger partial charge in [0.2, 0.25) is 0 Å². The standard InChI is InChI=1S/C15H11N3O2S/c16-9-12-5-7-13(8-6-12)10-18-11-17-14-3-1-2-4-15(14)21(18,19)20/h1-8,11H,10H2. The molecular formula is C15H11N3O2S. The SMILES string of the molecule is N#Cc1ccc(CN2C=Nc3ccccc3S2(=O)=O)cc1. The topological polar surface area (TPSA) is 73.5 Å². The van der Waals surface area contributed by atoms with Gasteiger partial charge in [-0.1, -0.05) is 24.3 Å². The van der Waals surface area contributed by atoms with E-state index in [0.29, 0.717) is 11.3 Å². The molecule has 0 spiro atoms. The van der Waals surface area contributed by atoms with E-state index >= 15 is 0 Å². The summed E-state index contributed by atoms with van der Waals surface area (Å²) in [6.07, 6.45) is 1.33. The average Bonchev–Trinajstić information content (AvgIpc) is 2.51. The van der Waals surface area contributed by atoms with Crippen LogP contribution in [0.15, 0.2) is 58.4 Å². The van der Waals surface area contributed by atoms with Gasteiger partial charge in [0.1, 0.15) is 11.2 Å². The molecule has 0 saturated carbocycles. The summed E-state index contributed by atoms with van der Waals surface area (Å²) >= 11 is 0. The van der Waals surface area contributed by atoms with Crippen molar-refractivity contribution in [1.29, 1.82) is 5.26 Å². The quantitative estimate of drug-likeness (QED) is 0.854. The molecule has 0 saturated heterocycles. The second-order valence-electron chi connectivity index (χ2n) is 4.57. The molecule has 2 aromatic carbocycles. The normalized spacial score (nSPS) is 15.3. The molecule has 0 amide bonds. The first kappa shape index (κ1) is 13.3. The fraction of sp³-hybridized carbons (Fsp3) is 0.0667. The lowest BCUT2D eigenvalue weighted by atomic mass is 10.1. The van der Waals surface area contributed by atoms with Gasteiger partial charge in [0.25, 0.3) is 10.0 Å². The minimum atomic E-state index is -3.58. The molecule has 1 heterocycles. The smallest absolute Gasteiger partial charge is 0.252 e. The number of benzene rings is 2. The number of para-hydroxylation sites is 1. The third kappa shape index (κ3) is 2.39. The van der Waals surface area contributed by atoms with Crippen LogP contribution in [0.4, 0.5) is 5.69 Å². The number of nitriles is 1. The summed E-state index contributed by atoms with van der Waals surface area (Å²) in [5, 5.41) is 8.76. The third-order valence-electron chi connectivity index (χ3n) is 3.20. The maximum Gasteiger partial charge on any atom is 0.267 e. The van der Waals surface area contributed by atoms with E-state index in [9.17, 15) is 8.42 Å².